The van der Waals surface area contributed by atoms with Crippen LogP contribution in [0.15, 0.2) is 65.1 Å². The summed E-state index contributed by atoms with van der Waals surface area (Å²) in [4.78, 5) is 24.5. The van der Waals surface area contributed by atoms with E-state index in [1.165, 1.54) is 19.2 Å². The first kappa shape index (κ1) is 20.8. The van der Waals surface area contributed by atoms with Crippen molar-refractivity contribution in [2.24, 2.45) is 0 Å². The fourth-order valence-corrected chi connectivity index (χ4v) is 2.58. The predicted molar refractivity (Wildman–Crippen MR) is 109 cm³/mol. The monoisotopic (exact) mass is 410 g/mol. The normalized spacial score (nSPS) is 10.2. The summed E-state index contributed by atoms with van der Waals surface area (Å²) in [6, 6.07) is 17.1. The molecule has 8 heteroatoms. The highest BCUT2D eigenvalue weighted by Gasteiger charge is 2.15. The van der Waals surface area contributed by atoms with Crippen LogP contribution in [0.3, 0.4) is 0 Å². The van der Waals surface area contributed by atoms with Gasteiger partial charge in [0.1, 0.15) is 18.1 Å². The third kappa shape index (κ3) is 5.32. The van der Waals surface area contributed by atoms with Crippen LogP contribution in [0.5, 0.6) is 17.2 Å². The number of hydrogen-bond acceptors (Lipinski definition) is 6. The molecule has 0 saturated heterocycles. The third-order valence-electron chi connectivity index (χ3n) is 4.02. The zero-order valence-corrected chi connectivity index (χ0v) is 16.6. The van der Waals surface area contributed by atoms with E-state index in [4.69, 9.17) is 18.6 Å². The number of benzene rings is 2. The number of methoxy groups -OCH3 is 1. The smallest absolute Gasteiger partial charge is 0.305 e. The summed E-state index contributed by atoms with van der Waals surface area (Å²) in [7, 11) is 1.48. The minimum atomic E-state index is -0.591. The molecule has 0 aliphatic rings. The molecule has 0 radical (unpaired) electrons. The second-order valence-electron chi connectivity index (χ2n) is 6.07. The summed E-state index contributed by atoms with van der Waals surface area (Å²) in [6.45, 7) is 2.50. The number of nitrogens with one attached hydrogen (secondary N) is 2. The van der Waals surface area contributed by atoms with Gasteiger partial charge in [-0.3, -0.25) is 20.4 Å². The van der Waals surface area contributed by atoms with Crippen molar-refractivity contribution in [3.63, 3.8) is 0 Å². The summed E-state index contributed by atoms with van der Waals surface area (Å²) >= 11 is 0. The number of hydrogen-bond donors (Lipinski definition) is 2. The fourth-order valence-electron chi connectivity index (χ4n) is 2.58. The molecule has 2 aromatic carbocycles. The Labute approximate surface area is 173 Å². The van der Waals surface area contributed by atoms with Crippen molar-refractivity contribution >= 4 is 11.8 Å². The molecule has 0 aliphatic heterocycles. The molecule has 30 heavy (non-hydrogen) atoms. The van der Waals surface area contributed by atoms with E-state index in [1.807, 2.05) is 37.3 Å². The predicted octanol–water partition coefficient (Wildman–Crippen LogP) is 3.34. The quantitative estimate of drug-likeness (QED) is 0.553. The van der Waals surface area contributed by atoms with E-state index in [1.54, 1.807) is 18.2 Å². The largest absolute Gasteiger partial charge is 0.493 e. The van der Waals surface area contributed by atoms with Gasteiger partial charge in [0.15, 0.2) is 17.3 Å². The maximum atomic E-state index is 12.3. The van der Waals surface area contributed by atoms with Gasteiger partial charge in [-0.25, -0.2) is 0 Å². The molecule has 0 atom stereocenters. The van der Waals surface area contributed by atoms with Crippen LogP contribution in [-0.2, 0) is 6.61 Å². The van der Waals surface area contributed by atoms with Gasteiger partial charge in [0.05, 0.1) is 13.7 Å². The lowest BCUT2D eigenvalue weighted by molar-refractivity contribution is 0.0828. The average Bonchev–Trinajstić information content (AvgIpc) is 3.26. The lowest BCUT2D eigenvalue weighted by Crippen LogP contribution is -2.41. The van der Waals surface area contributed by atoms with Gasteiger partial charge in [0.25, 0.3) is 5.91 Å². The number of rotatable bonds is 8. The molecule has 8 nitrogen and oxygen atoms in total. The Hall–Kier alpha value is -3.94. The number of hydrazine groups is 1. The van der Waals surface area contributed by atoms with Gasteiger partial charge in [-0.2, -0.15) is 0 Å². The number of ether oxygens (including phenoxy) is 3. The summed E-state index contributed by atoms with van der Waals surface area (Å²) < 4.78 is 21.7. The highest BCUT2D eigenvalue weighted by atomic mass is 16.5. The Kier molecular flexibility index (Phi) is 6.94. The second kappa shape index (κ2) is 10.0. The maximum Gasteiger partial charge on any atom is 0.305 e. The van der Waals surface area contributed by atoms with E-state index in [0.29, 0.717) is 35.2 Å². The molecule has 3 rings (SSSR count). The number of furan rings is 1. The van der Waals surface area contributed by atoms with E-state index in [0.717, 1.165) is 0 Å². The summed E-state index contributed by atoms with van der Waals surface area (Å²) in [5.41, 5.74) is 4.96. The van der Waals surface area contributed by atoms with Crippen molar-refractivity contribution in [1.82, 2.24) is 10.9 Å². The lowest BCUT2D eigenvalue weighted by Gasteiger charge is -2.11. The molecule has 0 fully saturated rings. The average molecular weight is 410 g/mol. The Morgan fingerprint density at radius 3 is 2.40 bits per heavy atom. The molecular weight excluding hydrogens is 388 g/mol. The zero-order valence-electron chi connectivity index (χ0n) is 16.6. The Balaban J connectivity index is 1.54. The fraction of sp³-hybridized carbons (Fsp3) is 0.182. The molecule has 0 spiro atoms. The van der Waals surface area contributed by atoms with Crippen molar-refractivity contribution in [3.8, 4) is 17.2 Å². The van der Waals surface area contributed by atoms with Crippen molar-refractivity contribution in [2.75, 3.05) is 13.7 Å². The first-order chi connectivity index (χ1) is 14.6. The standard InChI is InChI=1S/C22H22N2O6/c1-3-28-18-11-9-15(13-20(18)27-2)21(25)23-24-22(26)19-12-10-17(30-19)14-29-16-7-5-4-6-8-16/h4-13H,3,14H2,1-2H3,(H,23,25)(H,24,26). The summed E-state index contributed by atoms with van der Waals surface area (Å²) in [6.07, 6.45) is 0. The van der Waals surface area contributed by atoms with Gasteiger partial charge >= 0.3 is 5.91 Å². The minimum Gasteiger partial charge on any atom is -0.493 e. The van der Waals surface area contributed by atoms with Crippen molar-refractivity contribution < 1.29 is 28.2 Å². The topological polar surface area (TPSA) is 99.0 Å². The van der Waals surface area contributed by atoms with Crippen LogP contribution in [0.25, 0.3) is 0 Å². The van der Waals surface area contributed by atoms with Gasteiger partial charge in [0.2, 0.25) is 0 Å². The molecular formula is C22H22N2O6. The van der Waals surface area contributed by atoms with Crippen LogP contribution in [0.4, 0.5) is 0 Å². The van der Waals surface area contributed by atoms with Gasteiger partial charge < -0.3 is 18.6 Å². The number of carbonyl (C=O) groups excluding carboxylic acids is 2. The molecule has 0 saturated carbocycles. The van der Waals surface area contributed by atoms with Crippen LogP contribution < -0.4 is 25.1 Å². The third-order valence-corrected chi connectivity index (χ3v) is 4.02. The van der Waals surface area contributed by atoms with Crippen LogP contribution in [0, 0.1) is 0 Å². The number of para-hydroxylation sites is 1. The van der Waals surface area contributed by atoms with E-state index in [2.05, 4.69) is 10.9 Å². The zero-order chi connectivity index (χ0) is 21.3. The second-order valence-corrected chi connectivity index (χ2v) is 6.07. The van der Waals surface area contributed by atoms with Gasteiger partial charge in [0, 0.05) is 5.56 Å². The highest BCUT2D eigenvalue weighted by molar-refractivity contribution is 5.98. The summed E-state index contributed by atoms with van der Waals surface area (Å²) in [5.74, 6) is 1.07. The number of carbonyl (C=O) groups is 2. The van der Waals surface area contributed by atoms with E-state index in [-0.39, 0.29) is 12.4 Å². The van der Waals surface area contributed by atoms with Crippen LogP contribution in [0.1, 0.15) is 33.6 Å². The molecule has 156 valence electrons. The first-order valence-electron chi connectivity index (χ1n) is 9.28. The molecule has 0 bridgehead atoms. The maximum absolute atomic E-state index is 12.3. The Bertz CT molecular complexity index is 1000. The molecule has 2 N–H and O–H groups in total. The Morgan fingerprint density at radius 2 is 1.67 bits per heavy atom. The van der Waals surface area contributed by atoms with E-state index >= 15 is 0 Å². The van der Waals surface area contributed by atoms with Crippen LogP contribution in [-0.4, -0.2) is 25.5 Å². The van der Waals surface area contributed by atoms with Crippen molar-refractivity contribution in [2.45, 2.75) is 13.5 Å². The summed E-state index contributed by atoms with van der Waals surface area (Å²) in [5, 5.41) is 0. The van der Waals surface area contributed by atoms with Gasteiger partial charge in [-0.1, -0.05) is 18.2 Å². The number of amides is 2. The first-order valence-corrected chi connectivity index (χ1v) is 9.28. The van der Waals surface area contributed by atoms with Crippen LogP contribution >= 0.6 is 0 Å². The molecule has 2 amide bonds. The van der Waals surface area contributed by atoms with Crippen molar-refractivity contribution in [3.05, 3.63) is 77.7 Å². The van der Waals surface area contributed by atoms with Gasteiger partial charge in [-0.15, -0.1) is 0 Å². The Morgan fingerprint density at radius 1 is 0.900 bits per heavy atom. The van der Waals surface area contributed by atoms with Crippen LogP contribution in [0.2, 0.25) is 0 Å². The van der Waals surface area contributed by atoms with Crippen molar-refractivity contribution in [1.29, 1.82) is 0 Å². The molecule has 1 heterocycles. The highest BCUT2D eigenvalue weighted by Crippen LogP contribution is 2.27. The van der Waals surface area contributed by atoms with E-state index < -0.39 is 11.8 Å². The molecule has 0 unspecified atom stereocenters. The SMILES string of the molecule is CCOc1ccc(C(=O)NNC(=O)c2ccc(COc3ccccc3)o2)cc1OC. The molecule has 0 aliphatic carbocycles. The lowest BCUT2D eigenvalue weighted by atomic mass is 10.2. The van der Waals surface area contributed by atoms with E-state index in [9.17, 15) is 9.59 Å². The minimum absolute atomic E-state index is 0.0474. The van der Waals surface area contributed by atoms with Gasteiger partial charge in [-0.05, 0) is 49.4 Å². The molecule has 3 aromatic rings. The molecule has 1 aromatic heterocycles.